The Hall–Kier alpha value is -3.81. The van der Waals surface area contributed by atoms with E-state index in [2.05, 4.69) is 5.32 Å². The molecule has 1 aliphatic heterocycles. The Bertz CT molecular complexity index is 1150. The summed E-state index contributed by atoms with van der Waals surface area (Å²) in [6, 6.07) is 12.5. The summed E-state index contributed by atoms with van der Waals surface area (Å²) in [4.78, 5) is 38.8. The number of hydrogen-bond acceptors (Lipinski definition) is 5. The molecule has 166 valence electrons. The number of nitrogens with one attached hydrogen (secondary N) is 1. The average molecular weight is 435 g/mol. The normalized spacial score (nSPS) is 13.4. The highest BCUT2D eigenvalue weighted by molar-refractivity contribution is 6.03. The van der Waals surface area contributed by atoms with Gasteiger partial charge in [0, 0.05) is 24.4 Å². The van der Waals surface area contributed by atoms with Gasteiger partial charge in [0.05, 0.1) is 29.7 Å². The Labute approximate surface area is 185 Å². The molecule has 4 rings (SSSR count). The van der Waals surface area contributed by atoms with Crippen LogP contribution >= 0.6 is 0 Å². The molecule has 0 aliphatic carbocycles. The first-order valence-corrected chi connectivity index (χ1v) is 10.5. The van der Waals surface area contributed by atoms with Crippen LogP contribution in [0.4, 0.5) is 11.4 Å². The highest BCUT2D eigenvalue weighted by Crippen LogP contribution is 2.29. The number of carbonyl (C=O) groups is 3. The van der Waals surface area contributed by atoms with E-state index in [1.54, 1.807) is 35.4 Å². The fourth-order valence-electron chi connectivity index (χ4n) is 3.92. The lowest BCUT2D eigenvalue weighted by Gasteiger charge is -2.19. The molecule has 8 nitrogen and oxygen atoms in total. The van der Waals surface area contributed by atoms with Crippen LogP contribution in [-0.4, -0.2) is 35.5 Å². The van der Waals surface area contributed by atoms with E-state index >= 15 is 0 Å². The summed E-state index contributed by atoms with van der Waals surface area (Å²) in [6.45, 7) is 4.42. The van der Waals surface area contributed by atoms with E-state index in [4.69, 9.17) is 9.15 Å². The number of aryl methyl sites for hydroxylation is 1. The van der Waals surface area contributed by atoms with Crippen molar-refractivity contribution in [3.8, 4) is 0 Å². The van der Waals surface area contributed by atoms with Crippen LogP contribution in [0.25, 0.3) is 0 Å². The molecular weight excluding hydrogens is 410 g/mol. The molecular formula is C24H25N3O5. The standard InChI is InChI=1S/C24H25N3O5/c1-16-13-19(17(2)27(16)14-18-7-6-12-31-18)24(30)32-15-22(28)25-20-8-3-4-9-21(20)26-11-5-10-23(26)29/h3-4,6-9,12-13H,5,10-11,14-15H2,1-2H3,(H,25,28). The third-order valence-corrected chi connectivity index (χ3v) is 5.56. The second-order valence-electron chi connectivity index (χ2n) is 7.74. The van der Waals surface area contributed by atoms with Crippen molar-refractivity contribution in [1.29, 1.82) is 0 Å². The predicted molar refractivity (Wildman–Crippen MR) is 119 cm³/mol. The van der Waals surface area contributed by atoms with Crippen LogP contribution in [0.2, 0.25) is 0 Å². The maximum absolute atomic E-state index is 12.6. The number of carbonyl (C=O) groups excluding carboxylic acids is 3. The van der Waals surface area contributed by atoms with E-state index in [1.165, 1.54) is 0 Å². The summed E-state index contributed by atoms with van der Waals surface area (Å²) in [6.07, 6.45) is 2.89. The summed E-state index contributed by atoms with van der Waals surface area (Å²) in [7, 11) is 0. The number of benzene rings is 1. The Morgan fingerprint density at radius 1 is 1.16 bits per heavy atom. The van der Waals surface area contributed by atoms with E-state index in [0.29, 0.717) is 36.4 Å². The lowest BCUT2D eigenvalue weighted by molar-refractivity contribution is -0.119. The highest BCUT2D eigenvalue weighted by atomic mass is 16.5. The number of amides is 2. The van der Waals surface area contributed by atoms with Gasteiger partial charge < -0.3 is 23.9 Å². The van der Waals surface area contributed by atoms with Gasteiger partial charge in [0.15, 0.2) is 6.61 Å². The number of hydrogen-bond donors (Lipinski definition) is 1. The van der Waals surface area contributed by atoms with Gasteiger partial charge in [-0.05, 0) is 50.6 Å². The first-order valence-electron chi connectivity index (χ1n) is 10.5. The van der Waals surface area contributed by atoms with Crippen LogP contribution in [-0.2, 0) is 20.9 Å². The second-order valence-corrected chi connectivity index (χ2v) is 7.74. The molecule has 3 aromatic rings. The van der Waals surface area contributed by atoms with Crippen molar-refractivity contribution < 1.29 is 23.5 Å². The topological polar surface area (TPSA) is 93.8 Å². The zero-order valence-corrected chi connectivity index (χ0v) is 18.1. The van der Waals surface area contributed by atoms with Gasteiger partial charge in [-0.1, -0.05) is 12.1 Å². The van der Waals surface area contributed by atoms with E-state index in [9.17, 15) is 14.4 Å². The molecule has 3 heterocycles. The van der Waals surface area contributed by atoms with Gasteiger partial charge in [0.1, 0.15) is 5.76 Å². The number of nitrogens with zero attached hydrogens (tertiary/aromatic N) is 2. The average Bonchev–Trinajstić information content (AvgIpc) is 3.51. The van der Waals surface area contributed by atoms with E-state index in [-0.39, 0.29) is 5.91 Å². The molecule has 0 unspecified atom stereocenters. The zero-order chi connectivity index (χ0) is 22.7. The third-order valence-electron chi connectivity index (χ3n) is 5.56. The second kappa shape index (κ2) is 9.13. The molecule has 0 atom stereocenters. The minimum atomic E-state index is -0.568. The number of ether oxygens (including phenoxy) is 1. The quantitative estimate of drug-likeness (QED) is 0.572. The lowest BCUT2D eigenvalue weighted by atomic mass is 10.2. The fraction of sp³-hybridized carbons (Fsp3) is 0.292. The van der Waals surface area contributed by atoms with Gasteiger partial charge in [-0.2, -0.15) is 0 Å². The van der Waals surface area contributed by atoms with Gasteiger partial charge in [-0.3, -0.25) is 9.59 Å². The molecule has 1 fully saturated rings. The summed E-state index contributed by atoms with van der Waals surface area (Å²) in [5.74, 6) is -0.229. The van der Waals surface area contributed by atoms with E-state index < -0.39 is 18.5 Å². The molecule has 0 saturated carbocycles. The molecule has 32 heavy (non-hydrogen) atoms. The summed E-state index contributed by atoms with van der Waals surface area (Å²) >= 11 is 0. The molecule has 2 aromatic heterocycles. The smallest absolute Gasteiger partial charge is 0.340 e. The summed E-state index contributed by atoms with van der Waals surface area (Å²) in [5, 5.41) is 2.75. The van der Waals surface area contributed by atoms with Crippen molar-refractivity contribution in [2.75, 3.05) is 23.4 Å². The molecule has 2 amide bonds. The number of rotatable bonds is 7. The minimum absolute atomic E-state index is 0.0306. The fourth-order valence-corrected chi connectivity index (χ4v) is 3.92. The molecule has 0 bridgehead atoms. The highest BCUT2D eigenvalue weighted by Gasteiger charge is 2.24. The van der Waals surface area contributed by atoms with Crippen molar-refractivity contribution in [1.82, 2.24) is 4.57 Å². The van der Waals surface area contributed by atoms with E-state index in [1.807, 2.05) is 36.6 Å². The Balaban J connectivity index is 1.39. The minimum Gasteiger partial charge on any atom is -0.467 e. The van der Waals surface area contributed by atoms with Gasteiger partial charge in [0.2, 0.25) is 5.91 Å². The zero-order valence-electron chi connectivity index (χ0n) is 18.1. The molecule has 1 N–H and O–H groups in total. The Kier molecular flexibility index (Phi) is 6.11. The molecule has 0 spiro atoms. The van der Waals surface area contributed by atoms with Gasteiger partial charge in [0.25, 0.3) is 5.91 Å². The first kappa shape index (κ1) is 21.4. The van der Waals surface area contributed by atoms with Gasteiger partial charge >= 0.3 is 5.97 Å². The van der Waals surface area contributed by atoms with Crippen molar-refractivity contribution in [3.63, 3.8) is 0 Å². The molecule has 8 heteroatoms. The third kappa shape index (κ3) is 4.44. The van der Waals surface area contributed by atoms with Crippen LogP contribution in [0.3, 0.4) is 0 Å². The van der Waals surface area contributed by atoms with Crippen molar-refractivity contribution in [2.45, 2.75) is 33.2 Å². The number of esters is 1. The largest absolute Gasteiger partial charge is 0.467 e. The summed E-state index contributed by atoms with van der Waals surface area (Å²) in [5.41, 5.74) is 3.20. The molecule has 1 aliphatic rings. The van der Waals surface area contributed by atoms with Crippen LogP contribution in [0.1, 0.15) is 40.3 Å². The van der Waals surface area contributed by atoms with Crippen LogP contribution in [0.15, 0.2) is 53.1 Å². The van der Waals surface area contributed by atoms with Crippen LogP contribution in [0.5, 0.6) is 0 Å². The Morgan fingerprint density at radius 2 is 1.97 bits per heavy atom. The first-order chi connectivity index (χ1) is 15.4. The monoisotopic (exact) mass is 435 g/mol. The number of furan rings is 1. The maximum atomic E-state index is 12.6. The van der Waals surface area contributed by atoms with Crippen LogP contribution < -0.4 is 10.2 Å². The maximum Gasteiger partial charge on any atom is 0.340 e. The van der Waals surface area contributed by atoms with Crippen LogP contribution in [0, 0.1) is 13.8 Å². The van der Waals surface area contributed by atoms with Crippen molar-refractivity contribution in [2.24, 2.45) is 0 Å². The van der Waals surface area contributed by atoms with Crippen molar-refractivity contribution in [3.05, 3.63) is 71.4 Å². The lowest BCUT2D eigenvalue weighted by Crippen LogP contribution is -2.27. The number of para-hydroxylation sites is 2. The van der Waals surface area contributed by atoms with Gasteiger partial charge in [-0.15, -0.1) is 0 Å². The SMILES string of the molecule is Cc1cc(C(=O)OCC(=O)Nc2ccccc2N2CCCC2=O)c(C)n1Cc1ccco1. The van der Waals surface area contributed by atoms with Gasteiger partial charge in [-0.25, -0.2) is 4.79 Å². The molecule has 0 radical (unpaired) electrons. The van der Waals surface area contributed by atoms with E-state index in [0.717, 1.165) is 23.6 Å². The predicted octanol–water partition coefficient (Wildman–Crippen LogP) is 3.67. The Morgan fingerprint density at radius 3 is 2.69 bits per heavy atom. The number of anilines is 2. The number of aromatic nitrogens is 1. The molecule has 1 aromatic carbocycles. The summed E-state index contributed by atoms with van der Waals surface area (Å²) < 4.78 is 12.6. The van der Waals surface area contributed by atoms with Crippen molar-refractivity contribution >= 4 is 29.2 Å². The molecule has 1 saturated heterocycles.